The lowest BCUT2D eigenvalue weighted by Crippen LogP contribution is -2.45. The Balaban J connectivity index is 2.04. The topological polar surface area (TPSA) is 88.1 Å². The molecule has 0 spiro atoms. The van der Waals surface area contributed by atoms with Crippen LogP contribution in [0.5, 0.6) is 0 Å². The molecule has 2 aliphatic heterocycles. The van der Waals surface area contributed by atoms with Crippen molar-refractivity contribution in [2.75, 3.05) is 26.2 Å². The molecule has 2 fully saturated rings. The van der Waals surface area contributed by atoms with Gasteiger partial charge in [-0.3, -0.25) is 0 Å². The summed E-state index contributed by atoms with van der Waals surface area (Å²) in [6.07, 6.45) is -1.73. The van der Waals surface area contributed by atoms with Gasteiger partial charge in [-0.15, -0.1) is 0 Å². The number of ether oxygens (including phenoxy) is 2. The summed E-state index contributed by atoms with van der Waals surface area (Å²) in [4.78, 5) is 24.1. The normalized spacial score (nSPS) is 30.1. The molecule has 7 nitrogen and oxygen atoms in total. The van der Waals surface area contributed by atoms with Gasteiger partial charge in [0.15, 0.2) is 5.60 Å². The molecule has 0 aliphatic carbocycles. The second-order valence-electron chi connectivity index (χ2n) is 6.12. The van der Waals surface area contributed by atoms with Crippen LogP contribution >= 0.6 is 0 Å². The number of carboxylic acid groups (broad SMARTS) is 1. The van der Waals surface area contributed by atoms with E-state index in [0.29, 0.717) is 19.6 Å². The molecule has 0 unspecified atom stereocenters. The average Bonchev–Trinajstić information content (AvgIpc) is 2.69. The predicted molar refractivity (Wildman–Crippen MR) is 66.0 cm³/mol. The summed E-state index contributed by atoms with van der Waals surface area (Å²) in [5.41, 5.74) is -1.42. The van der Waals surface area contributed by atoms with Crippen LogP contribution in [0.25, 0.3) is 0 Å². The number of carbonyl (C=O) groups excluding carboxylic acids is 1. The Morgan fingerprint density at radius 1 is 1.42 bits per heavy atom. The van der Waals surface area contributed by atoms with Crippen LogP contribution in [0, 0.1) is 5.92 Å². The summed E-state index contributed by atoms with van der Waals surface area (Å²) in [5, 5.41) is 12.2. The van der Waals surface area contributed by atoms with Crippen molar-refractivity contribution in [1.82, 2.24) is 10.2 Å². The molecule has 2 aliphatic rings. The zero-order valence-electron chi connectivity index (χ0n) is 11.4. The van der Waals surface area contributed by atoms with Crippen molar-refractivity contribution in [2.24, 2.45) is 5.92 Å². The number of rotatable bonds is 1. The minimum atomic E-state index is -0.985. The monoisotopic (exact) mass is 272 g/mol. The summed E-state index contributed by atoms with van der Waals surface area (Å²) in [6.45, 7) is 6.95. The SMILES string of the molecule is CC(C)(C)OC(=O)O[C@]12CNC[C@H]1CN(C(=O)O)C2. The maximum Gasteiger partial charge on any atom is 0.509 e. The molecule has 2 N–H and O–H groups in total. The summed E-state index contributed by atoms with van der Waals surface area (Å²) in [7, 11) is 0. The standard InChI is InChI=1S/C12H20N2O5/c1-11(2,3)18-10(17)19-12-6-13-4-8(12)5-14(7-12)9(15)16/h8,13H,4-7H2,1-3H3,(H,15,16)/t8-,12-/m0/s1. The number of likely N-dealkylation sites (tertiary alicyclic amines) is 1. The lowest BCUT2D eigenvalue weighted by molar-refractivity contribution is -0.0639. The van der Waals surface area contributed by atoms with Crippen LogP contribution in [0.2, 0.25) is 0 Å². The molecular weight excluding hydrogens is 252 g/mol. The summed E-state index contributed by atoms with van der Waals surface area (Å²) in [5.74, 6) is -0.0175. The Morgan fingerprint density at radius 2 is 2.11 bits per heavy atom. The zero-order chi connectivity index (χ0) is 14.3. The van der Waals surface area contributed by atoms with Gasteiger partial charge in [-0.05, 0) is 20.8 Å². The van der Waals surface area contributed by atoms with E-state index in [0.717, 1.165) is 0 Å². The highest BCUT2D eigenvalue weighted by Crippen LogP contribution is 2.35. The first-order valence-corrected chi connectivity index (χ1v) is 6.32. The molecule has 0 saturated carbocycles. The van der Waals surface area contributed by atoms with Crippen molar-refractivity contribution < 1.29 is 24.2 Å². The highest BCUT2D eigenvalue weighted by molar-refractivity contribution is 5.66. The average molecular weight is 272 g/mol. The van der Waals surface area contributed by atoms with E-state index in [-0.39, 0.29) is 12.5 Å². The van der Waals surface area contributed by atoms with E-state index in [9.17, 15) is 9.59 Å². The van der Waals surface area contributed by atoms with Gasteiger partial charge < -0.3 is 24.8 Å². The molecule has 2 rings (SSSR count). The second-order valence-corrected chi connectivity index (χ2v) is 6.12. The van der Waals surface area contributed by atoms with E-state index in [4.69, 9.17) is 14.6 Å². The fourth-order valence-corrected chi connectivity index (χ4v) is 2.59. The predicted octanol–water partition coefficient (Wildman–Crippen LogP) is 0.890. The number of nitrogens with zero attached hydrogens (tertiary/aromatic N) is 1. The lowest BCUT2D eigenvalue weighted by atomic mass is 9.95. The van der Waals surface area contributed by atoms with Gasteiger partial charge in [-0.2, -0.15) is 0 Å². The largest absolute Gasteiger partial charge is 0.509 e. The van der Waals surface area contributed by atoms with E-state index in [1.54, 1.807) is 20.8 Å². The van der Waals surface area contributed by atoms with Crippen molar-refractivity contribution in [3.63, 3.8) is 0 Å². The van der Waals surface area contributed by atoms with Gasteiger partial charge in [-0.25, -0.2) is 9.59 Å². The van der Waals surface area contributed by atoms with Gasteiger partial charge in [-0.1, -0.05) is 0 Å². The minimum Gasteiger partial charge on any atom is -0.465 e. The van der Waals surface area contributed by atoms with Gasteiger partial charge >= 0.3 is 12.2 Å². The molecule has 0 radical (unpaired) electrons. The molecule has 1 amide bonds. The van der Waals surface area contributed by atoms with Crippen LogP contribution in [0.4, 0.5) is 9.59 Å². The molecule has 2 heterocycles. The Hall–Kier alpha value is -1.50. The molecule has 19 heavy (non-hydrogen) atoms. The molecule has 108 valence electrons. The van der Waals surface area contributed by atoms with Gasteiger partial charge in [0.05, 0.1) is 6.54 Å². The fourth-order valence-electron chi connectivity index (χ4n) is 2.59. The third kappa shape index (κ3) is 2.91. The summed E-state index contributed by atoms with van der Waals surface area (Å²) in [6, 6.07) is 0. The van der Waals surface area contributed by atoms with E-state index < -0.39 is 23.5 Å². The Labute approximate surface area is 111 Å². The summed E-state index contributed by atoms with van der Waals surface area (Å²) >= 11 is 0. The smallest absolute Gasteiger partial charge is 0.465 e. The molecule has 0 bridgehead atoms. The number of amides is 1. The van der Waals surface area contributed by atoms with E-state index in [2.05, 4.69) is 5.32 Å². The van der Waals surface area contributed by atoms with E-state index in [1.165, 1.54) is 4.90 Å². The first-order valence-electron chi connectivity index (χ1n) is 6.32. The third-order valence-electron chi connectivity index (χ3n) is 3.40. The molecule has 2 atom stereocenters. The van der Waals surface area contributed by atoms with Crippen LogP contribution in [-0.2, 0) is 9.47 Å². The molecule has 0 aromatic carbocycles. The molecule has 0 aromatic heterocycles. The van der Waals surface area contributed by atoms with Crippen LogP contribution in [-0.4, -0.2) is 59.6 Å². The Kier molecular flexibility index (Phi) is 3.34. The Morgan fingerprint density at radius 3 is 2.68 bits per heavy atom. The van der Waals surface area contributed by atoms with Crippen molar-refractivity contribution in [3.05, 3.63) is 0 Å². The van der Waals surface area contributed by atoms with Crippen molar-refractivity contribution in [1.29, 1.82) is 0 Å². The quantitative estimate of drug-likeness (QED) is 0.689. The fraction of sp³-hybridized carbons (Fsp3) is 0.833. The highest BCUT2D eigenvalue weighted by atomic mass is 16.7. The van der Waals surface area contributed by atoms with E-state index in [1.807, 2.05) is 0 Å². The Bertz CT molecular complexity index is 392. The number of hydrogen-bond donors (Lipinski definition) is 2. The van der Waals surface area contributed by atoms with Gasteiger partial charge in [0, 0.05) is 25.6 Å². The maximum atomic E-state index is 11.8. The van der Waals surface area contributed by atoms with Gasteiger partial charge in [0.25, 0.3) is 0 Å². The van der Waals surface area contributed by atoms with Crippen LogP contribution < -0.4 is 5.32 Å². The maximum absolute atomic E-state index is 11.8. The lowest BCUT2D eigenvalue weighted by Gasteiger charge is -2.29. The van der Waals surface area contributed by atoms with Gasteiger partial charge in [0.1, 0.15) is 5.60 Å². The second kappa shape index (κ2) is 4.56. The third-order valence-corrected chi connectivity index (χ3v) is 3.40. The molecule has 2 saturated heterocycles. The number of hydrogen-bond acceptors (Lipinski definition) is 5. The van der Waals surface area contributed by atoms with Crippen molar-refractivity contribution in [3.8, 4) is 0 Å². The highest BCUT2D eigenvalue weighted by Gasteiger charge is 2.54. The number of fused-ring (bicyclic) bond motifs is 1. The summed E-state index contributed by atoms with van der Waals surface area (Å²) < 4.78 is 10.6. The van der Waals surface area contributed by atoms with Crippen molar-refractivity contribution in [2.45, 2.75) is 32.0 Å². The first-order chi connectivity index (χ1) is 8.72. The first kappa shape index (κ1) is 13.9. The number of nitrogens with one attached hydrogen (secondary N) is 1. The molecule has 0 aromatic rings. The van der Waals surface area contributed by atoms with Crippen LogP contribution in [0.3, 0.4) is 0 Å². The van der Waals surface area contributed by atoms with E-state index >= 15 is 0 Å². The zero-order valence-corrected chi connectivity index (χ0v) is 11.4. The molecule has 7 heteroatoms. The minimum absolute atomic E-state index is 0.0175. The number of carbonyl (C=O) groups is 2. The van der Waals surface area contributed by atoms with Crippen LogP contribution in [0.1, 0.15) is 20.8 Å². The van der Waals surface area contributed by atoms with Crippen molar-refractivity contribution >= 4 is 12.2 Å². The van der Waals surface area contributed by atoms with Crippen LogP contribution in [0.15, 0.2) is 0 Å². The van der Waals surface area contributed by atoms with Gasteiger partial charge in [0.2, 0.25) is 0 Å². The molecular formula is C12H20N2O5.